The first-order valence-electron chi connectivity index (χ1n) is 11.4. The molecule has 1 aromatic carbocycles. The second kappa shape index (κ2) is 11.3. The Hall–Kier alpha value is -3.78. The summed E-state index contributed by atoms with van der Waals surface area (Å²) in [6, 6.07) is 11.1. The van der Waals surface area contributed by atoms with Crippen LogP contribution in [0, 0.1) is 5.95 Å². The number of carbonyl (C=O) groups is 1. The van der Waals surface area contributed by atoms with Gasteiger partial charge in [0.25, 0.3) is 5.91 Å². The number of anilines is 5. The van der Waals surface area contributed by atoms with E-state index in [0.29, 0.717) is 17.3 Å². The molecule has 1 atom stereocenters. The average molecular weight is 553 g/mol. The van der Waals surface area contributed by atoms with E-state index in [2.05, 4.69) is 25.4 Å². The van der Waals surface area contributed by atoms with Crippen molar-refractivity contribution in [1.82, 2.24) is 15.4 Å². The SMILES string of the molecule is CN(c1cc(C2CC2)ccc1Nc1cc(Nc2cccc(F)n2)ncc1C(=O)NOCC(F)(F)F)S(C)=O. The number of hydrogen-bond acceptors (Lipinski definition) is 7. The van der Waals surface area contributed by atoms with Crippen molar-refractivity contribution in [3.63, 3.8) is 0 Å². The van der Waals surface area contributed by atoms with Crippen molar-refractivity contribution in [3.8, 4) is 0 Å². The first-order valence-corrected chi connectivity index (χ1v) is 12.9. The zero-order valence-corrected chi connectivity index (χ0v) is 21.1. The number of benzene rings is 1. The van der Waals surface area contributed by atoms with Crippen molar-refractivity contribution in [2.45, 2.75) is 24.9 Å². The summed E-state index contributed by atoms with van der Waals surface area (Å²) in [5, 5.41) is 5.91. The van der Waals surface area contributed by atoms with Gasteiger partial charge < -0.3 is 10.6 Å². The molecule has 4 rings (SSSR count). The maximum Gasteiger partial charge on any atom is 0.414 e. The van der Waals surface area contributed by atoms with Crippen LogP contribution >= 0.6 is 0 Å². The summed E-state index contributed by atoms with van der Waals surface area (Å²) in [5.74, 6) is -0.971. The predicted molar refractivity (Wildman–Crippen MR) is 135 cm³/mol. The van der Waals surface area contributed by atoms with E-state index in [-0.39, 0.29) is 22.9 Å². The number of carbonyl (C=O) groups excluding carboxylic acids is 1. The third kappa shape index (κ3) is 7.16. The number of hydrogen-bond donors (Lipinski definition) is 3. The average Bonchev–Trinajstić information content (AvgIpc) is 3.69. The summed E-state index contributed by atoms with van der Waals surface area (Å²) < 4.78 is 64.8. The molecule has 1 amide bonds. The molecule has 1 aliphatic rings. The van der Waals surface area contributed by atoms with Gasteiger partial charge in [0.2, 0.25) is 5.95 Å². The molecular weight excluding hydrogens is 528 g/mol. The van der Waals surface area contributed by atoms with E-state index in [1.165, 1.54) is 30.5 Å². The third-order valence-electron chi connectivity index (χ3n) is 5.59. The van der Waals surface area contributed by atoms with E-state index < -0.39 is 35.6 Å². The summed E-state index contributed by atoms with van der Waals surface area (Å²) in [6.45, 7) is -1.68. The lowest BCUT2D eigenvalue weighted by Crippen LogP contribution is -2.30. The molecule has 0 spiro atoms. The van der Waals surface area contributed by atoms with E-state index in [1.54, 1.807) is 22.9 Å². The first kappa shape index (κ1) is 27.3. The Labute approximate surface area is 218 Å². The molecule has 3 aromatic rings. The van der Waals surface area contributed by atoms with E-state index in [9.17, 15) is 26.6 Å². The van der Waals surface area contributed by atoms with Gasteiger partial charge in [-0.05, 0) is 48.6 Å². The van der Waals surface area contributed by atoms with Gasteiger partial charge in [0.15, 0.2) is 6.61 Å². The maximum atomic E-state index is 13.5. The van der Waals surface area contributed by atoms with Crippen LogP contribution in [0.5, 0.6) is 0 Å². The Morgan fingerprint density at radius 3 is 2.55 bits per heavy atom. The van der Waals surface area contributed by atoms with E-state index >= 15 is 0 Å². The molecule has 3 N–H and O–H groups in total. The van der Waals surface area contributed by atoms with Gasteiger partial charge in [0, 0.05) is 25.6 Å². The second-order valence-corrected chi connectivity index (χ2v) is 9.91. The summed E-state index contributed by atoms with van der Waals surface area (Å²) in [4.78, 5) is 24.8. The topological polar surface area (TPSA) is 108 Å². The Morgan fingerprint density at radius 1 is 1.13 bits per heavy atom. The smallest absolute Gasteiger partial charge is 0.353 e. The number of nitrogens with one attached hydrogen (secondary N) is 3. The van der Waals surface area contributed by atoms with Crippen molar-refractivity contribution >= 4 is 45.6 Å². The highest BCUT2D eigenvalue weighted by Crippen LogP contribution is 2.43. The third-order valence-corrected chi connectivity index (χ3v) is 6.55. The molecule has 38 heavy (non-hydrogen) atoms. The second-order valence-electron chi connectivity index (χ2n) is 8.52. The summed E-state index contributed by atoms with van der Waals surface area (Å²) in [5.41, 5.74) is 3.93. The fourth-order valence-corrected chi connectivity index (χ4v) is 3.95. The highest BCUT2D eigenvalue weighted by molar-refractivity contribution is 7.85. The largest absolute Gasteiger partial charge is 0.414 e. The van der Waals surface area contributed by atoms with Crippen LogP contribution in [0.25, 0.3) is 0 Å². The summed E-state index contributed by atoms with van der Waals surface area (Å²) >= 11 is 0. The molecule has 202 valence electrons. The molecule has 1 unspecified atom stereocenters. The number of hydroxylamine groups is 1. The van der Waals surface area contributed by atoms with Gasteiger partial charge >= 0.3 is 6.18 Å². The van der Waals surface area contributed by atoms with Crippen molar-refractivity contribution in [3.05, 3.63) is 65.7 Å². The van der Waals surface area contributed by atoms with Gasteiger partial charge in [0.1, 0.15) is 22.6 Å². The molecule has 0 saturated heterocycles. The molecule has 9 nitrogen and oxygen atoms in total. The zero-order valence-electron chi connectivity index (χ0n) is 20.3. The van der Waals surface area contributed by atoms with Crippen molar-refractivity contribution in [2.24, 2.45) is 0 Å². The Balaban J connectivity index is 1.68. The van der Waals surface area contributed by atoms with Crippen molar-refractivity contribution in [1.29, 1.82) is 0 Å². The lowest BCUT2D eigenvalue weighted by molar-refractivity contribution is -0.184. The number of rotatable bonds is 10. The summed E-state index contributed by atoms with van der Waals surface area (Å²) in [6.07, 6.45) is 0.111. The lowest BCUT2D eigenvalue weighted by Gasteiger charge is -2.22. The van der Waals surface area contributed by atoms with Crippen LogP contribution < -0.4 is 20.4 Å². The Morgan fingerprint density at radius 2 is 1.89 bits per heavy atom. The number of nitrogens with zero attached hydrogens (tertiary/aromatic N) is 3. The molecule has 0 bridgehead atoms. The standard InChI is InChI=1S/C24H24F4N6O3S/c1-34(38(2)36)19-10-15(14-6-7-14)8-9-17(19)30-18-11-22(32-21-5-3-4-20(25)31-21)29-12-16(18)23(35)33-37-13-24(26,27)28/h3-5,8-12,14H,6-7,13H2,1-2H3,(H,33,35)(H2,29,30,31,32). The molecule has 0 aliphatic heterocycles. The number of amides is 1. The number of pyridine rings is 2. The van der Waals surface area contributed by atoms with Crippen LogP contribution in [0.3, 0.4) is 0 Å². The minimum absolute atomic E-state index is 0.137. The zero-order chi connectivity index (χ0) is 27.4. The quantitative estimate of drug-likeness (QED) is 0.186. The van der Waals surface area contributed by atoms with Gasteiger partial charge in [-0.3, -0.25) is 13.9 Å². The van der Waals surface area contributed by atoms with Gasteiger partial charge in [0.05, 0.1) is 22.6 Å². The predicted octanol–water partition coefficient (Wildman–Crippen LogP) is 4.93. The maximum absolute atomic E-state index is 13.5. The number of aromatic nitrogens is 2. The van der Waals surface area contributed by atoms with Crippen molar-refractivity contribution in [2.75, 3.05) is 34.8 Å². The fraction of sp³-hybridized carbons (Fsp3) is 0.292. The van der Waals surface area contributed by atoms with Gasteiger partial charge in [-0.15, -0.1) is 0 Å². The summed E-state index contributed by atoms with van der Waals surface area (Å²) in [7, 11) is 0.282. The number of halogens is 4. The van der Waals surface area contributed by atoms with Crippen LogP contribution in [-0.2, 0) is 15.8 Å². The minimum Gasteiger partial charge on any atom is -0.353 e. The van der Waals surface area contributed by atoms with E-state index in [0.717, 1.165) is 24.6 Å². The van der Waals surface area contributed by atoms with Crippen LogP contribution in [-0.4, -0.2) is 46.2 Å². The van der Waals surface area contributed by atoms with Crippen LogP contribution in [0.2, 0.25) is 0 Å². The molecule has 2 aromatic heterocycles. The van der Waals surface area contributed by atoms with Crippen molar-refractivity contribution < 1.29 is 31.4 Å². The molecule has 1 aliphatic carbocycles. The van der Waals surface area contributed by atoms with E-state index in [1.807, 2.05) is 12.1 Å². The Bertz CT molecular complexity index is 1350. The molecule has 1 saturated carbocycles. The normalized spacial score (nSPS) is 14.1. The highest BCUT2D eigenvalue weighted by atomic mass is 32.2. The Kier molecular flexibility index (Phi) is 8.11. The first-order chi connectivity index (χ1) is 18.0. The lowest BCUT2D eigenvalue weighted by atomic mass is 10.1. The van der Waals surface area contributed by atoms with Crippen LogP contribution in [0.1, 0.15) is 34.7 Å². The molecule has 2 heterocycles. The van der Waals surface area contributed by atoms with Crippen LogP contribution in [0.4, 0.5) is 46.3 Å². The minimum atomic E-state index is -4.64. The number of alkyl halides is 3. The van der Waals surface area contributed by atoms with Gasteiger partial charge in [-0.1, -0.05) is 12.1 Å². The van der Waals surface area contributed by atoms with Gasteiger partial charge in [-0.25, -0.2) is 19.7 Å². The molecule has 1 fully saturated rings. The van der Waals surface area contributed by atoms with Crippen LogP contribution in [0.15, 0.2) is 48.7 Å². The van der Waals surface area contributed by atoms with E-state index in [4.69, 9.17) is 0 Å². The fourth-order valence-electron chi connectivity index (χ4n) is 3.52. The monoisotopic (exact) mass is 552 g/mol. The molecular formula is C24H24F4N6O3S. The molecule has 14 heteroatoms. The highest BCUT2D eigenvalue weighted by Gasteiger charge is 2.29. The molecule has 0 radical (unpaired) electrons. The van der Waals surface area contributed by atoms with Gasteiger partial charge in [-0.2, -0.15) is 17.6 Å².